The number of esters is 3. The number of aliphatic hydroxyl groups excluding tert-OH is 1. The smallest absolute Gasteiger partial charge is 0.462 e. The third-order valence-electron chi connectivity index (χ3n) is 10.8. The molecule has 0 saturated heterocycles. The van der Waals surface area contributed by atoms with E-state index in [0.717, 1.165) is 122 Å². The molecule has 11 nitrogen and oxygen atoms in total. The Hall–Kier alpha value is -4.12. The van der Waals surface area contributed by atoms with E-state index in [0.29, 0.717) is 25.7 Å². The Kier molecular flexibility index (Phi) is 50.1. The third kappa shape index (κ3) is 50.8. The lowest BCUT2D eigenvalue weighted by Gasteiger charge is -2.21. The van der Waals surface area contributed by atoms with Gasteiger partial charge in [-0.15, -0.1) is 0 Å². The van der Waals surface area contributed by atoms with Crippen LogP contribution in [0.25, 0.3) is 0 Å². The Morgan fingerprint density at radius 3 is 1.18 bits per heavy atom. The first-order valence-electron chi connectivity index (χ1n) is 27.4. The van der Waals surface area contributed by atoms with Crippen LogP contribution in [0.1, 0.15) is 201 Å². The highest BCUT2D eigenvalue weighted by Gasteiger charge is 2.28. The standard InChI is InChI=1S/C60H97O11P/c1-4-7-10-13-16-19-22-24-26-28-30-32-35-38-41-44-47-50-59(63)70-56(52-61)54-68-72(65,66)69-55-57(53-67-58(62)49-46-43-40-37-34-21-18-15-12-9-6-3)71-60(64)51-48-45-42-39-36-33-31-29-27-25-23-20-17-14-11-8-5-2/h7-8,10-11,15-20,24-27,30-33,39,42,56-57,61H,4-6,9,12-14,21-23,28-29,34-38,40-41,43-55H2,1-3H3,(H,65,66)/b10-7-,11-8-,18-15-,19-16-,20-17-,26-24-,27-25-,32-30-,33-31-,42-39-. The topological polar surface area (TPSA) is 155 Å². The molecule has 0 aliphatic rings. The molecule has 0 aliphatic carbocycles. The maximum atomic E-state index is 12.9. The van der Waals surface area contributed by atoms with Gasteiger partial charge in [0.25, 0.3) is 0 Å². The van der Waals surface area contributed by atoms with Crippen molar-refractivity contribution in [3.05, 3.63) is 122 Å². The number of rotatable bonds is 49. The molecule has 0 aromatic carbocycles. The third-order valence-corrected chi connectivity index (χ3v) is 11.8. The molecule has 3 atom stereocenters. The van der Waals surface area contributed by atoms with Gasteiger partial charge in [0.1, 0.15) is 12.7 Å². The van der Waals surface area contributed by atoms with E-state index in [4.69, 9.17) is 23.3 Å². The molecule has 3 unspecified atom stereocenters. The van der Waals surface area contributed by atoms with Crippen LogP contribution in [0.2, 0.25) is 0 Å². The Bertz CT molecular complexity index is 1670. The molecule has 0 radical (unpaired) electrons. The van der Waals surface area contributed by atoms with Crippen molar-refractivity contribution in [3.63, 3.8) is 0 Å². The first kappa shape index (κ1) is 67.9. The van der Waals surface area contributed by atoms with Crippen LogP contribution in [0.4, 0.5) is 0 Å². The van der Waals surface area contributed by atoms with Crippen molar-refractivity contribution < 1.29 is 52.2 Å². The minimum atomic E-state index is -4.78. The summed E-state index contributed by atoms with van der Waals surface area (Å²) in [5.41, 5.74) is 0. The summed E-state index contributed by atoms with van der Waals surface area (Å²) in [6, 6.07) is 0. The Morgan fingerprint density at radius 1 is 0.403 bits per heavy atom. The fraction of sp³-hybridized carbons (Fsp3) is 0.617. The Balaban J connectivity index is 4.82. The minimum Gasteiger partial charge on any atom is -0.462 e. The lowest BCUT2D eigenvalue weighted by atomic mass is 10.1. The van der Waals surface area contributed by atoms with Gasteiger partial charge in [-0.25, -0.2) is 4.57 Å². The van der Waals surface area contributed by atoms with Gasteiger partial charge in [0, 0.05) is 19.3 Å². The molecule has 0 rings (SSSR count). The van der Waals surface area contributed by atoms with Crippen molar-refractivity contribution >= 4 is 25.7 Å². The second-order valence-corrected chi connectivity index (χ2v) is 19.1. The average molecular weight is 1030 g/mol. The summed E-state index contributed by atoms with van der Waals surface area (Å²) in [6.45, 7) is 4.25. The van der Waals surface area contributed by atoms with Gasteiger partial charge >= 0.3 is 25.7 Å². The molecule has 0 heterocycles. The van der Waals surface area contributed by atoms with Crippen molar-refractivity contribution in [2.24, 2.45) is 0 Å². The molecule has 0 amide bonds. The molecule has 0 bridgehead atoms. The predicted octanol–water partition coefficient (Wildman–Crippen LogP) is 16.0. The Labute approximate surface area is 437 Å². The van der Waals surface area contributed by atoms with Gasteiger partial charge in [0.2, 0.25) is 0 Å². The van der Waals surface area contributed by atoms with E-state index >= 15 is 0 Å². The fourth-order valence-electron chi connectivity index (χ4n) is 6.71. The molecule has 12 heteroatoms. The van der Waals surface area contributed by atoms with Crippen LogP contribution in [0.5, 0.6) is 0 Å². The number of hydrogen-bond donors (Lipinski definition) is 2. The van der Waals surface area contributed by atoms with Crippen LogP contribution in [0.15, 0.2) is 122 Å². The largest absolute Gasteiger partial charge is 0.472 e. The molecule has 0 aromatic rings. The number of phosphoric acid groups is 1. The van der Waals surface area contributed by atoms with Crippen LogP contribution < -0.4 is 0 Å². The highest BCUT2D eigenvalue weighted by molar-refractivity contribution is 7.47. The second kappa shape index (κ2) is 53.2. The maximum absolute atomic E-state index is 12.9. The minimum absolute atomic E-state index is 0.0795. The Morgan fingerprint density at radius 2 is 0.736 bits per heavy atom. The first-order chi connectivity index (χ1) is 35.2. The summed E-state index contributed by atoms with van der Waals surface area (Å²) < 4.78 is 39.3. The lowest BCUT2D eigenvalue weighted by Crippen LogP contribution is -2.30. The number of phosphoric ester groups is 1. The number of carbonyl (C=O) groups is 3. The molecule has 408 valence electrons. The number of hydrogen-bond acceptors (Lipinski definition) is 10. The average Bonchev–Trinajstić information content (AvgIpc) is 3.37. The zero-order chi connectivity index (χ0) is 52.7. The van der Waals surface area contributed by atoms with Crippen molar-refractivity contribution in [1.82, 2.24) is 0 Å². The second-order valence-electron chi connectivity index (χ2n) is 17.6. The maximum Gasteiger partial charge on any atom is 0.472 e. The van der Waals surface area contributed by atoms with Gasteiger partial charge < -0.3 is 24.2 Å². The van der Waals surface area contributed by atoms with E-state index in [-0.39, 0.29) is 25.9 Å². The number of carbonyl (C=O) groups excluding carboxylic acids is 3. The molecule has 2 N–H and O–H groups in total. The van der Waals surface area contributed by atoms with Crippen LogP contribution in [-0.2, 0) is 42.2 Å². The van der Waals surface area contributed by atoms with Crippen molar-refractivity contribution in [1.29, 1.82) is 0 Å². The summed E-state index contributed by atoms with van der Waals surface area (Å²) in [6.07, 6.45) is 64.6. The molecule has 0 fully saturated rings. The molecular formula is C60H97O11P. The number of aliphatic hydroxyl groups is 1. The fourth-order valence-corrected chi connectivity index (χ4v) is 7.50. The summed E-state index contributed by atoms with van der Waals surface area (Å²) in [5.74, 6) is -1.59. The predicted molar refractivity (Wildman–Crippen MR) is 297 cm³/mol. The van der Waals surface area contributed by atoms with E-state index in [9.17, 15) is 28.9 Å². The van der Waals surface area contributed by atoms with Gasteiger partial charge in [-0.1, -0.05) is 187 Å². The van der Waals surface area contributed by atoms with Crippen LogP contribution >= 0.6 is 7.82 Å². The monoisotopic (exact) mass is 1020 g/mol. The van der Waals surface area contributed by atoms with Crippen LogP contribution in [0.3, 0.4) is 0 Å². The highest BCUT2D eigenvalue weighted by atomic mass is 31.2. The van der Waals surface area contributed by atoms with E-state index in [1.54, 1.807) is 0 Å². The number of unbranched alkanes of at least 4 members (excludes halogenated alkanes) is 12. The summed E-state index contributed by atoms with van der Waals surface area (Å²) >= 11 is 0. The zero-order valence-corrected chi connectivity index (χ0v) is 45.7. The lowest BCUT2D eigenvalue weighted by molar-refractivity contribution is -0.161. The SMILES string of the molecule is CC/C=C\C/C=C\C/C=C\C/C=C\C/C=C\CCCC(=O)OC(COC(=O)CCCCCCC/C=C\CCCC)COP(=O)(O)OCC(CO)OC(=O)CCCCCC/C=C\C/C=C\C/C=C\C/C=C\CC. The quantitative estimate of drug-likeness (QED) is 0.0197. The highest BCUT2D eigenvalue weighted by Crippen LogP contribution is 2.43. The number of allylic oxidation sites excluding steroid dienone is 20. The summed E-state index contributed by atoms with van der Waals surface area (Å²) in [5, 5.41) is 9.80. The van der Waals surface area contributed by atoms with Crippen LogP contribution in [-0.4, -0.2) is 66.5 Å². The van der Waals surface area contributed by atoms with Crippen molar-refractivity contribution in [3.8, 4) is 0 Å². The van der Waals surface area contributed by atoms with Crippen molar-refractivity contribution in [2.75, 3.05) is 26.4 Å². The normalized spacial score (nSPS) is 14.3. The summed E-state index contributed by atoms with van der Waals surface area (Å²) in [4.78, 5) is 48.4. The van der Waals surface area contributed by atoms with Gasteiger partial charge in [-0.2, -0.15) is 0 Å². The first-order valence-corrected chi connectivity index (χ1v) is 28.9. The molecule has 0 aliphatic heterocycles. The summed E-state index contributed by atoms with van der Waals surface area (Å²) in [7, 11) is -4.78. The van der Waals surface area contributed by atoms with E-state index in [2.05, 4.69) is 130 Å². The van der Waals surface area contributed by atoms with E-state index < -0.39 is 57.8 Å². The molecule has 0 spiro atoms. The number of ether oxygens (including phenoxy) is 3. The van der Waals surface area contributed by atoms with Gasteiger partial charge in [0.05, 0.1) is 19.8 Å². The molecule has 0 saturated carbocycles. The van der Waals surface area contributed by atoms with E-state index in [1.165, 1.54) is 12.8 Å². The zero-order valence-electron chi connectivity index (χ0n) is 44.8. The van der Waals surface area contributed by atoms with Crippen LogP contribution in [0, 0.1) is 0 Å². The van der Waals surface area contributed by atoms with Crippen molar-refractivity contribution in [2.45, 2.75) is 213 Å². The van der Waals surface area contributed by atoms with E-state index in [1.807, 2.05) is 12.2 Å². The van der Waals surface area contributed by atoms with Gasteiger partial charge in [0.15, 0.2) is 6.10 Å². The molecular weight excluding hydrogens is 928 g/mol. The van der Waals surface area contributed by atoms with Gasteiger partial charge in [-0.05, 0) is 116 Å². The molecule has 0 aromatic heterocycles. The molecule has 72 heavy (non-hydrogen) atoms. The van der Waals surface area contributed by atoms with Gasteiger partial charge in [-0.3, -0.25) is 23.4 Å².